The Hall–Kier alpha value is -2.39. The van der Waals surface area contributed by atoms with Crippen LogP contribution in [-0.4, -0.2) is 37.9 Å². The first-order chi connectivity index (χ1) is 9.79. The van der Waals surface area contributed by atoms with E-state index in [1.807, 2.05) is 0 Å². The molecule has 0 aliphatic carbocycles. The molecule has 7 nitrogen and oxygen atoms in total. The predicted molar refractivity (Wildman–Crippen MR) is 67.3 cm³/mol. The van der Waals surface area contributed by atoms with Crippen molar-refractivity contribution in [2.45, 2.75) is 26.1 Å². The van der Waals surface area contributed by atoms with E-state index in [4.69, 9.17) is 4.74 Å². The fourth-order valence-corrected chi connectivity index (χ4v) is 1.40. The Morgan fingerprint density at radius 3 is 2.48 bits per heavy atom. The predicted octanol–water partition coefficient (Wildman–Crippen LogP) is 1.90. The second-order valence-corrected chi connectivity index (χ2v) is 4.33. The van der Waals surface area contributed by atoms with Crippen molar-refractivity contribution in [3.63, 3.8) is 0 Å². The minimum absolute atomic E-state index is 0.00316. The number of anilines is 1. The zero-order chi connectivity index (χ0) is 15.6. The standard InChI is InChI=1S/C11H13F3N6O/c1-6(2)21-10-18-8(15-3)17-9(19-10)20-5-7(4-16-20)11(12,13)14/h4-6H,1-3H3,(H,15,17,18,19). The van der Waals surface area contributed by atoms with Crippen LogP contribution in [-0.2, 0) is 6.18 Å². The van der Waals surface area contributed by atoms with Crippen molar-refractivity contribution in [1.82, 2.24) is 24.7 Å². The lowest BCUT2D eigenvalue weighted by Crippen LogP contribution is -2.13. The Bertz CT molecular complexity index is 625. The quantitative estimate of drug-likeness (QED) is 0.929. The van der Waals surface area contributed by atoms with Gasteiger partial charge in [-0.25, -0.2) is 4.68 Å². The minimum Gasteiger partial charge on any atom is -0.461 e. The molecule has 2 aromatic rings. The van der Waals surface area contributed by atoms with E-state index in [1.165, 1.54) is 0 Å². The lowest BCUT2D eigenvalue weighted by molar-refractivity contribution is -0.137. The van der Waals surface area contributed by atoms with Crippen LogP contribution >= 0.6 is 0 Å². The van der Waals surface area contributed by atoms with Gasteiger partial charge in [0.2, 0.25) is 5.95 Å². The summed E-state index contributed by atoms with van der Waals surface area (Å²) < 4.78 is 44.0. The summed E-state index contributed by atoms with van der Waals surface area (Å²) >= 11 is 0. The maximum Gasteiger partial charge on any atom is 0.419 e. The van der Waals surface area contributed by atoms with Crippen LogP contribution in [0.4, 0.5) is 19.1 Å². The van der Waals surface area contributed by atoms with E-state index in [9.17, 15) is 13.2 Å². The Labute approximate surface area is 118 Å². The SMILES string of the molecule is CNc1nc(OC(C)C)nc(-n2cc(C(F)(F)F)cn2)n1. The van der Waals surface area contributed by atoms with Crippen molar-refractivity contribution >= 4 is 5.95 Å². The number of hydrogen-bond donors (Lipinski definition) is 1. The summed E-state index contributed by atoms with van der Waals surface area (Å²) in [5.41, 5.74) is -0.889. The number of halogens is 3. The molecule has 0 bridgehead atoms. The summed E-state index contributed by atoms with van der Waals surface area (Å²) in [6.45, 7) is 3.55. The van der Waals surface area contributed by atoms with Crippen molar-refractivity contribution in [1.29, 1.82) is 0 Å². The molecule has 0 saturated heterocycles. The molecule has 0 saturated carbocycles. The van der Waals surface area contributed by atoms with Crippen molar-refractivity contribution in [3.05, 3.63) is 18.0 Å². The molecular weight excluding hydrogens is 289 g/mol. The van der Waals surface area contributed by atoms with Gasteiger partial charge in [0.1, 0.15) is 0 Å². The van der Waals surface area contributed by atoms with Crippen molar-refractivity contribution in [3.8, 4) is 12.0 Å². The monoisotopic (exact) mass is 302 g/mol. The number of rotatable bonds is 4. The summed E-state index contributed by atoms with van der Waals surface area (Å²) in [6, 6.07) is 0.00316. The van der Waals surface area contributed by atoms with Gasteiger partial charge in [0.15, 0.2) is 0 Å². The van der Waals surface area contributed by atoms with Gasteiger partial charge in [0, 0.05) is 13.2 Å². The average Bonchev–Trinajstić information content (AvgIpc) is 2.86. The second-order valence-electron chi connectivity index (χ2n) is 4.33. The summed E-state index contributed by atoms with van der Waals surface area (Å²) in [6.07, 6.45) is -3.16. The van der Waals surface area contributed by atoms with E-state index in [2.05, 4.69) is 25.4 Å². The maximum atomic E-state index is 12.6. The second kappa shape index (κ2) is 5.54. The highest BCUT2D eigenvalue weighted by Gasteiger charge is 2.32. The molecule has 0 amide bonds. The van der Waals surface area contributed by atoms with Gasteiger partial charge in [-0.15, -0.1) is 0 Å². The Balaban J connectivity index is 2.40. The first-order valence-corrected chi connectivity index (χ1v) is 6.02. The maximum absolute atomic E-state index is 12.6. The normalized spacial score (nSPS) is 11.8. The van der Waals surface area contributed by atoms with Gasteiger partial charge in [-0.05, 0) is 13.8 Å². The average molecular weight is 302 g/mol. The lowest BCUT2D eigenvalue weighted by Gasteiger charge is -2.10. The topological polar surface area (TPSA) is 77.8 Å². The molecule has 0 aliphatic rings. The molecule has 0 aliphatic heterocycles. The molecule has 2 heterocycles. The molecule has 0 spiro atoms. The van der Waals surface area contributed by atoms with Gasteiger partial charge in [-0.2, -0.15) is 33.2 Å². The molecule has 0 atom stereocenters. The smallest absolute Gasteiger partial charge is 0.419 e. The summed E-state index contributed by atoms with van der Waals surface area (Å²) in [5.74, 6) is 0.0974. The van der Waals surface area contributed by atoms with Crippen LogP contribution in [0.1, 0.15) is 19.4 Å². The Kier molecular flexibility index (Phi) is 3.96. The lowest BCUT2D eigenvalue weighted by atomic mass is 10.4. The van der Waals surface area contributed by atoms with Gasteiger partial charge >= 0.3 is 12.2 Å². The molecule has 0 aromatic carbocycles. The van der Waals surface area contributed by atoms with Crippen molar-refractivity contribution < 1.29 is 17.9 Å². The first kappa shape index (κ1) is 15.0. The summed E-state index contributed by atoms with van der Waals surface area (Å²) in [7, 11) is 1.57. The number of hydrogen-bond acceptors (Lipinski definition) is 6. The van der Waals surface area contributed by atoms with Crippen LogP contribution in [0.3, 0.4) is 0 Å². The molecule has 21 heavy (non-hydrogen) atoms. The van der Waals surface area contributed by atoms with E-state index in [0.717, 1.165) is 10.9 Å². The van der Waals surface area contributed by atoms with Crippen molar-refractivity contribution in [2.75, 3.05) is 12.4 Å². The van der Waals surface area contributed by atoms with E-state index < -0.39 is 11.7 Å². The van der Waals surface area contributed by atoms with Gasteiger partial charge < -0.3 is 10.1 Å². The van der Waals surface area contributed by atoms with Gasteiger partial charge in [-0.3, -0.25) is 0 Å². The van der Waals surface area contributed by atoms with Crippen LogP contribution < -0.4 is 10.1 Å². The molecule has 0 radical (unpaired) electrons. The van der Waals surface area contributed by atoms with Crippen molar-refractivity contribution in [2.24, 2.45) is 0 Å². The first-order valence-electron chi connectivity index (χ1n) is 6.02. The summed E-state index contributed by atoms with van der Waals surface area (Å²) in [4.78, 5) is 11.8. The molecule has 114 valence electrons. The van der Waals surface area contributed by atoms with Gasteiger partial charge in [0.25, 0.3) is 5.95 Å². The third kappa shape index (κ3) is 3.58. The molecule has 0 fully saturated rings. The van der Waals surface area contributed by atoms with Crippen LogP contribution in [0, 0.1) is 0 Å². The number of alkyl halides is 3. The third-order valence-electron chi connectivity index (χ3n) is 2.28. The minimum atomic E-state index is -4.48. The highest BCUT2D eigenvalue weighted by atomic mass is 19.4. The van der Waals surface area contributed by atoms with E-state index >= 15 is 0 Å². The van der Waals surface area contributed by atoms with Crippen LogP contribution in [0.5, 0.6) is 6.01 Å². The number of nitrogens with zero attached hydrogens (tertiary/aromatic N) is 5. The largest absolute Gasteiger partial charge is 0.461 e. The Morgan fingerprint density at radius 2 is 1.95 bits per heavy atom. The fourth-order valence-electron chi connectivity index (χ4n) is 1.40. The molecule has 2 aromatic heterocycles. The summed E-state index contributed by atoms with van der Waals surface area (Å²) in [5, 5.41) is 6.29. The molecule has 10 heteroatoms. The number of nitrogens with one attached hydrogen (secondary N) is 1. The molecular formula is C11H13F3N6O. The third-order valence-corrected chi connectivity index (χ3v) is 2.28. The fraction of sp³-hybridized carbons (Fsp3) is 0.455. The molecule has 0 unspecified atom stereocenters. The van der Waals surface area contributed by atoms with Crippen LogP contribution in [0.2, 0.25) is 0 Å². The Morgan fingerprint density at radius 1 is 1.24 bits per heavy atom. The zero-order valence-electron chi connectivity index (χ0n) is 11.5. The molecule has 2 rings (SSSR count). The number of ether oxygens (including phenoxy) is 1. The number of aromatic nitrogens is 5. The highest BCUT2D eigenvalue weighted by Crippen LogP contribution is 2.28. The van der Waals surface area contributed by atoms with Crippen LogP contribution in [0.15, 0.2) is 12.4 Å². The van der Waals surface area contributed by atoms with E-state index in [0.29, 0.717) is 6.20 Å². The van der Waals surface area contributed by atoms with Crippen LogP contribution in [0.25, 0.3) is 5.95 Å². The van der Waals surface area contributed by atoms with Gasteiger partial charge in [-0.1, -0.05) is 0 Å². The van der Waals surface area contributed by atoms with E-state index in [1.54, 1.807) is 20.9 Å². The molecule has 1 N–H and O–H groups in total. The van der Waals surface area contributed by atoms with E-state index in [-0.39, 0.29) is 24.0 Å². The zero-order valence-corrected chi connectivity index (χ0v) is 11.5. The van der Waals surface area contributed by atoms with Gasteiger partial charge in [0.05, 0.1) is 17.9 Å². The highest BCUT2D eigenvalue weighted by molar-refractivity contribution is 5.29.